The number of thiol groups is 1. The highest BCUT2D eigenvalue weighted by molar-refractivity contribution is 7.81. The van der Waals surface area contributed by atoms with Crippen LogP contribution < -0.4 is 9.80 Å². The van der Waals surface area contributed by atoms with Crippen LogP contribution in [0.15, 0.2) is 121 Å². The van der Waals surface area contributed by atoms with E-state index in [9.17, 15) is 24.0 Å². The highest BCUT2D eigenvalue weighted by Crippen LogP contribution is 2.42. The van der Waals surface area contributed by atoms with Gasteiger partial charge in [-0.05, 0) is 81.2 Å². The minimum atomic E-state index is -0.456. The van der Waals surface area contributed by atoms with Crippen molar-refractivity contribution in [2.24, 2.45) is 0 Å². The molecular formula is C52H60ClN3O9S2. The lowest BCUT2D eigenvalue weighted by Gasteiger charge is -2.22. The Morgan fingerprint density at radius 1 is 0.657 bits per heavy atom. The van der Waals surface area contributed by atoms with Crippen molar-refractivity contribution in [3.8, 4) is 10.4 Å². The van der Waals surface area contributed by atoms with Crippen LogP contribution in [-0.4, -0.2) is 87.0 Å². The molecule has 0 radical (unpaired) electrons. The molecule has 15 heteroatoms. The summed E-state index contributed by atoms with van der Waals surface area (Å²) in [6.45, 7) is 15.7. The van der Waals surface area contributed by atoms with E-state index in [0.29, 0.717) is 65.9 Å². The molecule has 7 rings (SSSR count). The van der Waals surface area contributed by atoms with Crippen molar-refractivity contribution in [1.82, 2.24) is 4.90 Å². The fourth-order valence-electron chi connectivity index (χ4n) is 6.89. The molecule has 0 saturated heterocycles. The van der Waals surface area contributed by atoms with Crippen molar-refractivity contribution in [3.63, 3.8) is 0 Å². The van der Waals surface area contributed by atoms with Crippen LogP contribution in [-0.2, 0) is 48.2 Å². The zero-order valence-corrected chi connectivity index (χ0v) is 41.2. The van der Waals surface area contributed by atoms with Crippen LogP contribution in [0.3, 0.4) is 0 Å². The van der Waals surface area contributed by atoms with E-state index in [1.807, 2.05) is 103 Å². The Bertz CT molecular complexity index is 2380. The summed E-state index contributed by atoms with van der Waals surface area (Å²) in [4.78, 5) is 66.1. The quantitative estimate of drug-likeness (QED) is 0.0558. The van der Waals surface area contributed by atoms with Gasteiger partial charge in [-0.1, -0.05) is 129 Å². The second-order valence-electron chi connectivity index (χ2n) is 14.6. The van der Waals surface area contributed by atoms with Gasteiger partial charge in [-0.15, -0.1) is 11.3 Å². The lowest BCUT2D eigenvalue weighted by molar-refractivity contribution is -0.139. The molecule has 12 nitrogen and oxygen atoms in total. The van der Waals surface area contributed by atoms with Gasteiger partial charge in [0, 0.05) is 34.7 Å². The Labute approximate surface area is 408 Å². The highest BCUT2D eigenvalue weighted by Gasteiger charge is 2.29. The zero-order valence-electron chi connectivity index (χ0n) is 38.8. The predicted octanol–water partition coefficient (Wildman–Crippen LogP) is 11.5. The molecule has 2 amide bonds. The number of ether oxygens (including phenoxy) is 4. The molecule has 5 aromatic rings. The minimum Gasteiger partial charge on any atom is -0.465 e. The topological polar surface area (TPSA) is 132 Å². The maximum Gasteiger partial charge on any atom is 0.414 e. The van der Waals surface area contributed by atoms with Gasteiger partial charge in [0.25, 0.3) is 0 Å². The van der Waals surface area contributed by atoms with Crippen LogP contribution in [0, 0.1) is 0 Å². The number of anilines is 2. The third-order valence-corrected chi connectivity index (χ3v) is 12.3. The summed E-state index contributed by atoms with van der Waals surface area (Å²) in [7, 11) is 0. The number of nitrogens with zero attached hydrogens (tertiary/aromatic N) is 3. The Kier molecular flexibility index (Phi) is 23.2. The van der Waals surface area contributed by atoms with E-state index in [-0.39, 0.29) is 37.0 Å². The number of hydrogen-bond acceptors (Lipinski definition) is 12. The Morgan fingerprint density at radius 2 is 1.13 bits per heavy atom. The third kappa shape index (κ3) is 16.1. The van der Waals surface area contributed by atoms with Crippen molar-refractivity contribution >= 4 is 82.4 Å². The van der Waals surface area contributed by atoms with Crippen molar-refractivity contribution in [2.75, 3.05) is 61.5 Å². The number of carbonyl (C=O) groups excluding carboxylic acids is 5. The van der Waals surface area contributed by atoms with Gasteiger partial charge in [0.15, 0.2) is 0 Å². The molecule has 0 fully saturated rings. The number of esters is 2. The average molecular weight is 971 g/mol. The summed E-state index contributed by atoms with van der Waals surface area (Å²) >= 11 is 11.4. The van der Waals surface area contributed by atoms with Crippen LogP contribution in [0.1, 0.15) is 73.0 Å². The van der Waals surface area contributed by atoms with Gasteiger partial charge in [0.1, 0.15) is 24.4 Å². The number of benzene rings is 4. The first-order chi connectivity index (χ1) is 32.5. The fourth-order valence-corrected chi connectivity index (χ4v) is 8.42. The standard InChI is InChI=1S/C23H21NO4S.C19H16ClNO3.C6H15N.C4H8O2S/c1-2-27-22(25)20-14-17-12-13-24(19-11-7-6-10-18(19)21(17)29-20)23(26)28-15-16-8-4-3-5-9-16;20-18-15(12-22)10-11-21(17-9-5-4-8-16(17)18)19(23)24-13-14-6-2-1-3-7-14;1-4-7(5-2)6-3;1-2-6-4(5)3-7/h3-11,14H,2,12-13,15H2,1H3;1-9,12H,10-11,13H2;4-6H2,1-3H3;7H,2-3H2,1H3. The maximum absolute atomic E-state index is 12.9. The van der Waals surface area contributed by atoms with E-state index in [0.717, 1.165) is 39.1 Å². The second kappa shape index (κ2) is 29.0. The predicted molar refractivity (Wildman–Crippen MR) is 271 cm³/mol. The second-order valence-corrected chi connectivity index (χ2v) is 16.4. The molecule has 4 aromatic carbocycles. The van der Waals surface area contributed by atoms with E-state index < -0.39 is 6.09 Å². The number of rotatable bonds is 12. The molecule has 0 aliphatic carbocycles. The summed E-state index contributed by atoms with van der Waals surface area (Å²) in [5.41, 5.74) is 6.43. The molecule has 0 spiro atoms. The monoisotopic (exact) mass is 969 g/mol. The van der Waals surface area contributed by atoms with Gasteiger partial charge in [0.2, 0.25) is 0 Å². The largest absolute Gasteiger partial charge is 0.465 e. The van der Waals surface area contributed by atoms with Crippen molar-refractivity contribution < 1.29 is 42.9 Å². The fraction of sp³-hybridized carbons (Fsp3) is 0.327. The first-order valence-electron chi connectivity index (χ1n) is 22.3. The molecule has 2 aliphatic heterocycles. The molecule has 0 atom stereocenters. The molecule has 0 N–H and O–H groups in total. The van der Waals surface area contributed by atoms with Gasteiger partial charge in [-0.2, -0.15) is 12.6 Å². The Hall–Kier alpha value is -5.93. The summed E-state index contributed by atoms with van der Waals surface area (Å²) in [5, 5.41) is 0.388. The van der Waals surface area contributed by atoms with Crippen LogP contribution in [0.4, 0.5) is 21.0 Å². The lowest BCUT2D eigenvalue weighted by Crippen LogP contribution is -2.33. The smallest absolute Gasteiger partial charge is 0.414 e. The molecule has 356 valence electrons. The zero-order chi connectivity index (χ0) is 48.6. The van der Waals surface area contributed by atoms with Crippen LogP contribution >= 0.6 is 35.6 Å². The Morgan fingerprint density at radius 3 is 1.60 bits per heavy atom. The Balaban J connectivity index is 0.000000231. The summed E-state index contributed by atoms with van der Waals surface area (Å²) < 4.78 is 20.6. The van der Waals surface area contributed by atoms with Crippen LogP contribution in [0.5, 0.6) is 0 Å². The van der Waals surface area contributed by atoms with Crippen LogP contribution in [0.2, 0.25) is 0 Å². The van der Waals surface area contributed by atoms with Gasteiger partial charge in [-0.25, -0.2) is 14.4 Å². The number of aldehydes is 1. The molecular weight excluding hydrogens is 910 g/mol. The van der Waals surface area contributed by atoms with Gasteiger partial charge < -0.3 is 23.8 Å². The highest BCUT2D eigenvalue weighted by atomic mass is 35.5. The number of halogens is 1. The maximum atomic E-state index is 12.9. The van der Waals surface area contributed by atoms with E-state index in [4.69, 9.17) is 25.8 Å². The van der Waals surface area contributed by atoms with E-state index >= 15 is 0 Å². The van der Waals surface area contributed by atoms with Crippen molar-refractivity contribution in [2.45, 2.75) is 60.7 Å². The summed E-state index contributed by atoms with van der Waals surface area (Å²) in [6, 6.07) is 36.0. The molecule has 2 aliphatic rings. The first-order valence-corrected chi connectivity index (χ1v) is 24.1. The number of para-hydroxylation sites is 2. The van der Waals surface area contributed by atoms with Gasteiger partial charge in [-0.3, -0.25) is 19.4 Å². The molecule has 0 saturated carbocycles. The lowest BCUT2D eigenvalue weighted by atomic mass is 10.1. The van der Waals surface area contributed by atoms with Crippen molar-refractivity contribution in [3.05, 3.63) is 148 Å². The normalized spacial score (nSPS) is 12.4. The van der Waals surface area contributed by atoms with Gasteiger partial charge in [0.05, 0.1) is 35.4 Å². The summed E-state index contributed by atoms with van der Waals surface area (Å²) in [6.07, 6.45) is 0.945. The molecule has 67 heavy (non-hydrogen) atoms. The molecule has 3 heterocycles. The minimum absolute atomic E-state index is 0.174. The first kappa shape index (κ1) is 53.7. The van der Waals surface area contributed by atoms with E-state index in [2.05, 4.69) is 43.0 Å². The van der Waals surface area contributed by atoms with Crippen LogP contribution in [0.25, 0.3) is 15.5 Å². The number of hydrogen-bond donors (Lipinski definition) is 1. The average Bonchev–Trinajstić information content (AvgIpc) is 3.66. The number of fused-ring (bicyclic) bond motifs is 4. The molecule has 0 bridgehead atoms. The van der Waals surface area contributed by atoms with Crippen molar-refractivity contribution in [1.29, 1.82) is 0 Å². The van der Waals surface area contributed by atoms with Gasteiger partial charge >= 0.3 is 24.1 Å². The third-order valence-electron chi connectivity index (χ3n) is 10.4. The number of carbonyl (C=O) groups is 5. The van der Waals surface area contributed by atoms with E-state index in [1.54, 1.807) is 30.9 Å². The SMILES string of the molecule is CCN(CC)CC.CCOC(=O)CS.CCOC(=O)c1cc2c(s1)-c1ccccc1N(C(=O)OCc1ccccc1)CC2.O=CC1=C(Cl)c2ccccc2N(C(=O)OCc2ccccc2)CC1. The van der Waals surface area contributed by atoms with E-state index in [1.165, 1.54) is 35.9 Å². The number of amides is 2. The summed E-state index contributed by atoms with van der Waals surface area (Å²) in [5.74, 6) is -0.388. The molecule has 1 aromatic heterocycles. The molecule has 0 unspecified atom stereocenters. The number of thiophene rings is 1.